The Labute approximate surface area is 76.9 Å². The van der Waals surface area contributed by atoms with Gasteiger partial charge in [-0.1, -0.05) is 0 Å². The molecule has 0 spiro atoms. The van der Waals surface area contributed by atoms with Gasteiger partial charge in [-0.2, -0.15) is 0 Å². The molecule has 3 rings (SSSR count). The first-order chi connectivity index (χ1) is 5.36. The van der Waals surface area contributed by atoms with Crippen molar-refractivity contribution in [3.05, 3.63) is 0 Å². The number of hydrogen-bond acceptors (Lipinski definition) is 2. The molecule has 3 saturated carbocycles. The highest BCUT2D eigenvalue weighted by Gasteiger charge is 2.50. The summed E-state index contributed by atoms with van der Waals surface area (Å²) >= 11 is 4.62. The summed E-state index contributed by atoms with van der Waals surface area (Å²) in [6, 6.07) is 0. The molecule has 0 unspecified atom stereocenters. The predicted molar refractivity (Wildman–Crippen MR) is 53.2 cm³/mol. The average molecular weight is 186 g/mol. The van der Waals surface area contributed by atoms with E-state index in [4.69, 9.17) is 0 Å². The fourth-order valence-corrected chi connectivity index (χ4v) is 5.02. The van der Waals surface area contributed by atoms with Crippen LogP contribution in [0.5, 0.6) is 0 Å². The summed E-state index contributed by atoms with van der Waals surface area (Å²) in [4.78, 5) is 0. The van der Waals surface area contributed by atoms with Crippen LogP contribution in [0, 0.1) is 0 Å². The maximum absolute atomic E-state index is 2.31. The van der Waals surface area contributed by atoms with Crippen molar-refractivity contribution in [1.29, 1.82) is 0 Å². The first kappa shape index (κ1) is 7.14. The molecule has 0 aliphatic heterocycles. The van der Waals surface area contributed by atoms with Crippen LogP contribution < -0.4 is 0 Å². The summed E-state index contributed by atoms with van der Waals surface area (Å²) in [5, 5.41) is 2.15. The third-order valence-electron chi connectivity index (χ3n) is 2.47. The van der Waals surface area contributed by atoms with Gasteiger partial charge in [0.1, 0.15) is 0 Å². The molecular formula is C9H14S2. The number of hydrogen-bond donors (Lipinski definition) is 0. The normalized spacial score (nSPS) is 33.8. The van der Waals surface area contributed by atoms with E-state index in [0.29, 0.717) is 0 Å². The molecule has 0 aromatic rings. The third kappa shape index (κ3) is 1.72. The Hall–Kier alpha value is 0.700. The maximum atomic E-state index is 2.31. The lowest BCUT2D eigenvalue weighted by molar-refractivity contribution is 1.33. The van der Waals surface area contributed by atoms with Crippen molar-refractivity contribution in [2.24, 2.45) is 0 Å². The van der Waals surface area contributed by atoms with E-state index in [1.54, 1.807) is 0 Å². The molecular weight excluding hydrogens is 172 g/mol. The van der Waals surface area contributed by atoms with Crippen molar-refractivity contribution >= 4 is 23.5 Å². The number of rotatable bonds is 4. The molecule has 0 heterocycles. The second-order valence-electron chi connectivity index (χ2n) is 4.05. The van der Waals surface area contributed by atoms with Crippen LogP contribution in [0.3, 0.4) is 0 Å². The zero-order valence-electron chi connectivity index (χ0n) is 6.71. The predicted octanol–water partition coefficient (Wildman–Crippen LogP) is 3.27. The van der Waals surface area contributed by atoms with Crippen molar-refractivity contribution in [3.8, 4) is 0 Å². The summed E-state index contributed by atoms with van der Waals surface area (Å²) in [5.74, 6) is 0. The molecule has 3 aliphatic rings. The SMILES string of the molecule is C1CC1SC1(SC2CC2)CC1. The Morgan fingerprint density at radius 2 is 1.27 bits per heavy atom. The summed E-state index contributed by atoms with van der Waals surface area (Å²) in [7, 11) is 0. The van der Waals surface area contributed by atoms with Crippen LogP contribution in [0.1, 0.15) is 38.5 Å². The monoisotopic (exact) mass is 186 g/mol. The van der Waals surface area contributed by atoms with Gasteiger partial charge in [-0.3, -0.25) is 0 Å². The van der Waals surface area contributed by atoms with Crippen molar-refractivity contribution in [2.45, 2.75) is 53.1 Å². The summed E-state index contributed by atoms with van der Waals surface area (Å²) < 4.78 is 0.752. The minimum atomic E-state index is 0.752. The van der Waals surface area contributed by atoms with Gasteiger partial charge in [-0.15, -0.1) is 23.5 Å². The van der Waals surface area contributed by atoms with E-state index in [9.17, 15) is 0 Å². The Morgan fingerprint density at radius 3 is 1.55 bits per heavy atom. The molecule has 0 aromatic carbocycles. The van der Waals surface area contributed by atoms with Gasteiger partial charge in [-0.25, -0.2) is 0 Å². The molecule has 0 bridgehead atoms. The summed E-state index contributed by atoms with van der Waals surface area (Å²) in [6.07, 6.45) is 9.06. The van der Waals surface area contributed by atoms with E-state index < -0.39 is 0 Å². The second-order valence-corrected chi connectivity index (χ2v) is 7.67. The molecule has 0 aromatic heterocycles. The molecule has 0 amide bonds. The van der Waals surface area contributed by atoms with Crippen LogP contribution in [0.4, 0.5) is 0 Å². The lowest BCUT2D eigenvalue weighted by Gasteiger charge is -2.12. The van der Waals surface area contributed by atoms with Gasteiger partial charge >= 0.3 is 0 Å². The maximum Gasteiger partial charge on any atom is 0.0618 e. The quantitative estimate of drug-likeness (QED) is 0.618. The van der Waals surface area contributed by atoms with E-state index in [1.807, 2.05) is 0 Å². The van der Waals surface area contributed by atoms with Gasteiger partial charge in [0.05, 0.1) is 4.08 Å². The van der Waals surface area contributed by atoms with Crippen molar-refractivity contribution in [3.63, 3.8) is 0 Å². The van der Waals surface area contributed by atoms with Crippen LogP contribution in [-0.4, -0.2) is 14.6 Å². The van der Waals surface area contributed by atoms with Gasteiger partial charge in [0.2, 0.25) is 0 Å². The largest absolute Gasteiger partial charge is 0.141 e. The Bertz CT molecular complexity index is 150. The average Bonchev–Trinajstić information content (AvgIpc) is 2.68. The fourth-order valence-electron chi connectivity index (χ4n) is 1.34. The van der Waals surface area contributed by atoms with Crippen LogP contribution in [0.25, 0.3) is 0 Å². The zero-order chi connectivity index (χ0) is 7.31. The van der Waals surface area contributed by atoms with Gasteiger partial charge in [0.15, 0.2) is 0 Å². The van der Waals surface area contributed by atoms with Gasteiger partial charge in [-0.05, 0) is 38.5 Å². The molecule has 0 N–H and O–H groups in total. The molecule has 3 aliphatic carbocycles. The molecule has 3 fully saturated rings. The molecule has 62 valence electrons. The van der Waals surface area contributed by atoms with E-state index in [1.165, 1.54) is 38.5 Å². The minimum absolute atomic E-state index is 0.752. The Balaban J connectivity index is 1.54. The smallest absolute Gasteiger partial charge is 0.0618 e. The first-order valence-electron chi connectivity index (χ1n) is 4.72. The van der Waals surface area contributed by atoms with E-state index in [-0.39, 0.29) is 0 Å². The molecule has 11 heavy (non-hydrogen) atoms. The zero-order valence-corrected chi connectivity index (χ0v) is 8.35. The van der Waals surface area contributed by atoms with Gasteiger partial charge < -0.3 is 0 Å². The highest BCUT2D eigenvalue weighted by Crippen LogP contribution is 2.65. The van der Waals surface area contributed by atoms with Gasteiger partial charge in [0.25, 0.3) is 0 Å². The molecule has 2 heteroatoms. The topological polar surface area (TPSA) is 0 Å². The van der Waals surface area contributed by atoms with E-state index >= 15 is 0 Å². The van der Waals surface area contributed by atoms with Crippen LogP contribution in [0.15, 0.2) is 0 Å². The van der Waals surface area contributed by atoms with Crippen molar-refractivity contribution < 1.29 is 0 Å². The van der Waals surface area contributed by atoms with Gasteiger partial charge in [0, 0.05) is 10.5 Å². The second kappa shape index (κ2) is 2.35. The van der Waals surface area contributed by atoms with Crippen molar-refractivity contribution in [1.82, 2.24) is 0 Å². The highest BCUT2D eigenvalue weighted by atomic mass is 32.2. The van der Waals surface area contributed by atoms with E-state index in [0.717, 1.165) is 14.6 Å². The first-order valence-corrected chi connectivity index (χ1v) is 6.48. The Morgan fingerprint density at radius 1 is 0.818 bits per heavy atom. The van der Waals surface area contributed by atoms with Crippen molar-refractivity contribution in [2.75, 3.05) is 0 Å². The lowest BCUT2D eigenvalue weighted by Crippen LogP contribution is -1.98. The van der Waals surface area contributed by atoms with E-state index in [2.05, 4.69) is 23.5 Å². The molecule has 0 nitrogen and oxygen atoms in total. The summed E-state index contributed by atoms with van der Waals surface area (Å²) in [5.41, 5.74) is 0. The standard InChI is InChI=1S/C9H14S2/c1-2-7(1)10-9(5-6-9)11-8-3-4-8/h7-8H,1-6H2. The Kier molecular flexibility index (Phi) is 1.52. The van der Waals surface area contributed by atoms with Crippen LogP contribution in [0.2, 0.25) is 0 Å². The van der Waals surface area contributed by atoms with Crippen LogP contribution >= 0.6 is 23.5 Å². The highest BCUT2D eigenvalue weighted by molar-refractivity contribution is 8.19. The molecule has 0 radical (unpaired) electrons. The third-order valence-corrected chi connectivity index (χ3v) is 6.33. The fraction of sp³-hybridized carbons (Fsp3) is 1.00. The lowest BCUT2D eigenvalue weighted by atomic mass is 10.9. The molecule has 0 saturated heterocycles. The van der Waals surface area contributed by atoms with Crippen LogP contribution in [-0.2, 0) is 0 Å². The molecule has 0 atom stereocenters. The minimum Gasteiger partial charge on any atom is -0.141 e. The number of thioether (sulfide) groups is 2. The summed E-state index contributed by atoms with van der Waals surface area (Å²) in [6.45, 7) is 0.